The Morgan fingerprint density at radius 3 is 2.61 bits per heavy atom. The highest BCUT2D eigenvalue weighted by Gasteiger charge is 2.19. The molecular weight excluding hydrogens is 284 g/mol. The van der Waals surface area contributed by atoms with Gasteiger partial charge >= 0.3 is 0 Å². The summed E-state index contributed by atoms with van der Waals surface area (Å²) in [5.74, 6) is 0. The van der Waals surface area contributed by atoms with Crippen molar-refractivity contribution in [3.05, 3.63) is 60.6 Å². The van der Waals surface area contributed by atoms with Crippen LogP contribution in [0.3, 0.4) is 0 Å². The first-order chi connectivity index (χ1) is 11.0. The van der Waals surface area contributed by atoms with E-state index in [9.17, 15) is 0 Å². The van der Waals surface area contributed by atoms with Gasteiger partial charge in [0.1, 0.15) is 5.52 Å². The molecule has 4 rings (SSSR count). The number of pyridine rings is 2. The smallest absolute Gasteiger partial charge is 0.160 e. The Kier molecular flexibility index (Phi) is 2.98. The molecule has 0 N–H and O–H groups in total. The summed E-state index contributed by atoms with van der Waals surface area (Å²) in [6.45, 7) is 6.51. The minimum absolute atomic E-state index is 0.00585. The molecule has 0 aliphatic rings. The Morgan fingerprint density at radius 1 is 1.00 bits per heavy atom. The Morgan fingerprint density at radius 2 is 1.87 bits per heavy atom. The maximum absolute atomic E-state index is 5.71. The van der Waals surface area contributed by atoms with E-state index in [0.29, 0.717) is 0 Å². The van der Waals surface area contributed by atoms with E-state index in [0.717, 1.165) is 38.8 Å². The molecule has 0 radical (unpaired) electrons. The highest BCUT2D eigenvalue weighted by atomic mass is 16.3. The molecule has 0 spiro atoms. The third kappa shape index (κ3) is 2.29. The van der Waals surface area contributed by atoms with Gasteiger partial charge in [-0.3, -0.25) is 4.98 Å². The molecule has 4 aromatic rings. The van der Waals surface area contributed by atoms with E-state index in [-0.39, 0.29) is 5.41 Å². The van der Waals surface area contributed by atoms with Gasteiger partial charge in [0.05, 0.1) is 12.0 Å². The van der Waals surface area contributed by atoms with E-state index >= 15 is 0 Å². The Bertz CT molecular complexity index is 995. The number of fused-ring (bicyclic) bond motifs is 3. The van der Waals surface area contributed by atoms with Gasteiger partial charge in [0.2, 0.25) is 0 Å². The van der Waals surface area contributed by atoms with Crippen molar-refractivity contribution in [1.29, 1.82) is 0 Å². The lowest BCUT2D eigenvalue weighted by Gasteiger charge is -2.18. The Hall–Kier alpha value is -2.68. The first-order valence-corrected chi connectivity index (χ1v) is 7.77. The monoisotopic (exact) mass is 302 g/mol. The van der Waals surface area contributed by atoms with Gasteiger partial charge in [-0.1, -0.05) is 32.9 Å². The van der Waals surface area contributed by atoms with E-state index in [1.54, 1.807) is 6.26 Å². The van der Waals surface area contributed by atoms with Crippen molar-refractivity contribution < 1.29 is 4.42 Å². The summed E-state index contributed by atoms with van der Waals surface area (Å²) in [6, 6.07) is 14.3. The molecule has 23 heavy (non-hydrogen) atoms. The van der Waals surface area contributed by atoms with E-state index in [1.165, 1.54) is 0 Å². The Labute approximate surface area is 135 Å². The molecule has 0 saturated heterocycles. The molecule has 0 aliphatic carbocycles. The van der Waals surface area contributed by atoms with Crippen LogP contribution >= 0.6 is 0 Å². The van der Waals surface area contributed by atoms with Crippen LogP contribution in [0.2, 0.25) is 0 Å². The van der Waals surface area contributed by atoms with Crippen LogP contribution in [-0.2, 0) is 5.41 Å². The molecule has 1 aromatic carbocycles. The lowest BCUT2D eigenvalue weighted by atomic mass is 9.90. The van der Waals surface area contributed by atoms with Crippen LogP contribution in [0.5, 0.6) is 0 Å². The highest BCUT2D eigenvalue weighted by Crippen LogP contribution is 2.35. The standard InChI is InChI=1S/C20H18N2O/c1-20(2,3)17-8-7-14-15(16-6-4-5-10-21-16)12-13-9-11-23-19(13)18(14)22-17/h4-12H,1-3H3. The van der Waals surface area contributed by atoms with Gasteiger partial charge in [-0.2, -0.15) is 0 Å². The quantitative estimate of drug-likeness (QED) is 0.476. The van der Waals surface area contributed by atoms with Gasteiger partial charge in [0.15, 0.2) is 5.58 Å². The van der Waals surface area contributed by atoms with Crippen molar-refractivity contribution in [2.45, 2.75) is 26.2 Å². The second-order valence-corrected chi connectivity index (χ2v) is 6.82. The zero-order chi connectivity index (χ0) is 16.0. The minimum atomic E-state index is -0.00585. The van der Waals surface area contributed by atoms with Gasteiger partial charge in [-0.05, 0) is 30.3 Å². The SMILES string of the molecule is CC(C)(C)c1ccc2c(-c3ccccn3)cc3ccoc3c2n1. The van der Waals surface area contributed by atoms with Gasteiger partial charge < -0.3 is 4.42 Å². The van der Waals surface area contributed by atoms with Crippen LogP contribution in [0, 0.1) is 0 Å². The first kappa shape index (κ1) is 13.9. The second kappa shape index (κ2) is 4.92. The number of hydrogen-bond acceptors (Lipinski definition) is 3. The molecule has 114 valence electrons. The van der Waals surface area contributed by atoms with Crippen molar-refractivity contribution in [2.24, 2.45) is 0 Å². The fourth-order valence-electron chi connectivity index (χ4n) is 2.86. The normalized spacial score (nSPS) is 12.1. The average Bonchev–Trinajstić information content (AvgIpc) is 3.02. The van der Waals surface area contributed by atoms with Crippen LogP contribution in [0.15, 0.2) is 59.3 Å². The maximum atomic E-state index is 5.71. The lowest BCUT2D eigenvalue weighted by Crippen LogP contribution is -2.13. The molecule has 0 saturated carbocycles. The fourth-order valence-corrected chi connectivity index (χ4v) is 2.86. The van der Waals surface area contributed by atoms with Crippen LogP contribution in [0.25, 0.3) is 33.1 Å². The van der Waals surface area contributed by atoms with Crippen LogP contribution in [0.4, 0.5) is 0 Å². The number of rotatable bonds is 1. The van der Waals surface area contributed by atoms with Gasteiger partial charge in [0.25, 0.3) is 0 Å². The summed E-state index contributed by atoms with van der Waals surface area (Å²) in [5.41, 5.74) is 4.83. The van der Waals surface area contributed by atoms with Gasteiger partial charge in [-0.25, -0.2) is 4.98 Å². The molecule has 0 unspecified atom stereocenters. The lowest BCUT2D eigenvalue weighted by molar-refractivity contribution is 0.570. The number of aromatic nitrogens is 2. The Balaban J connectivity index is 2.11. The predicted molar refractivity (Wildman–Crippen MR) is 93.4 cm³/mol. The van der Waals surface area contributed by atoms with Gasteiger partial charge in [-0.15, -0.1) is 0 Å². The summed E-state index contributed by atoms with van der Waals surface area (Å²) >= 11 is 0. The summed E-state index contributed by atoms with van der Waals surface area (Å²) in [4.78, 5) is 9.41. The molecule has 3 nitrogen and oxygen atoms in total. The number of nitrogens with zero attached hydrogens (tertiary/aromatic N) is 2. The second-order valence-electron chi connectivity index (χ2n) is 6.82. The van der Waals surface area contributed by atoms with E-state index in [2.05, 4.69) is 44.0 Å². The van der Waals surface area contributed by atoms with Crippen LogP contribution in [0.1, 0.15) is 26.5 Å². The summed E-state index contributed by atoms with van der Waals surface area (Å²) in [5, 5.41) is 2.12. The highest BCUT2D eigenvalue weighted by molar-refractivity contribution is 6.09. The number of benzene rings is 1. The molecule has 3 heteroatoms. The van der Waals surface area contributed by atoms with Crippen molar-refractivity contribution in [3.63, 3.8) is 0 Å². The number of hydrogen-bond donors (Lipinski definition) is 0. The van der Waals surface area contributed by atoms with Crippen molar-refractivity contribution >= 4 is 21.9 Å². The molecule has 3 aromatic heterocycles. The molecule has 0 amide bonds. The summed E-state index contributed by atoms with van der Waals surface area (Å²) < 4.78 is 5.71. The van der Waals surface area contributed by atoms with Crippen LogP contribution < -0.4 is 0 Å². The topological polar surface area (TPSA) is 38.9 Å². The zero-order valence-electron chi connectivity index (χ0n) is 13.5. The summed E-state index contributed by atoms with van der Waals surface area (Å²) in [6.07, 6.45) is 3.54. The zero-order valence-corrected chi connectivity index (χ0v) is 13.5. The molecule has 0 bridgehead atoms. The van der Waals surface area contributed by atoms with E-state index in [1.807, 2.05) is 30.5 Å². The van der Waals surface area contributed by atoms with Crippen molar-refractivity contribution in [1.82, 2.24) is 9.97 Å². The molecular formula is C20H18N2O. The van der Waals surface area contributed by atoms with Crippen molar-refractivity contribution in [3.8, 4) is 11.3 Å². The maximum Gasteiger partial charge on any atom is 0.160 e. The average molecular weight is 302 g/mol. The fraction of sp³-hybridized carbons (Fsp3) is 0.200. The third-order valence-corrected chi connectivity index (χ3v) is 4.11. The molecule has 3 heterocycles. The summed E-state index contributed by atoms with van der Waals surface area (Å²) in [7, 11) is 0. The first-order valence-electron chi connectivity index (χ1n) is 7.77. The van der Waals surface area contributed by atoms with Gasteiger partial charge in [0, 0.05) is 33.6 Å². The van der Waals surface area contributed by atoms with E-state index in [4.69, 9.17) is 9.40 Å². The molecule has 0 aliphatic heterocycles. The third-order valence-electron chi connectivity index (χ3n) is 4.11. The number of furan rings is 1. The minimum Gasteiger partial charge on any atom is -0.462 e. The van der Waals surface area contributed by atoms with Crippen molar-refractivity contribution in [2.75, 3.05) is 0 Å². The van der Waals surface area contributed by atoms with Crippen LogP contribution in [-0.4, -0.2) is 9.97 Å². The predicted octanol–water partition coefficient (Wildman–Crippen LogP) is 5.34. The molecule has 0 atom stereocenters. The largest absolute Gasteiger partial charge is 0.462 e. The molecule has 0 fully saturated rings. The van der Waals surface area contributed by atoms with E-state index < -0.39 is 0 Å².